The third-order valence-electron chi connectivity index (χ3n) is 4.72. The summed E-state index contributed by atoms with van der Waals surface area (Å²) in [5, 5.41) is 0. The van der Waals surface area contributed by atoms with Crippen LogP contribution in [0.4, 0.5) is 0 Å². The highest BCUT2D eigenvalue weighted by Gasteiger charge is 2.32. The van der Waals surface area contributed by atoms with Crippen LogP contribution in [-0.4, -0.2) is 23.5 Å². The Labute approximate surface area is 138 Å². The van der Waals surface area contributed by atoms with Gasteiger partial charge in [-0.1, -0.05) is 54.8 Å². The lowest BCUT2D eigenvalue weighted by Gasteiger charge is -2.44. The molecule has 1 heterocycles. The van der Waals surface area contributed by atoms with E-state index in [9.17, 15) is 0 Å². The Morgan fingerprint density at radius 3 is 2.81 bits per heavy atom. The van der Waals surface area contributed by atoms with Crippen molar-refractivity contribution in [3.8, 4) is 0 Å². The summed E-state index contributed by atoms with van der Waals surface area (Å²) in [6, 6.07) is 9.97. The van der Waals surface area contributed by atoms with Crippen molar-refractivity contribution < 1.29 is 0 Å². The molecule has 3 atom stereocenters. The minimum absolute atomic E-state index is 0.205. The molecule has 1 aliphatic heterocycles. The molecule has 1 aliphatic rings. The summed E-state index contributed by atoms with van der Waals surface area (Å²) in [6.45, 7) is 5.69. The van der Waals surface area contributed by atoms with Gasteiger partial charge in [-0.15, -0.1) is 0 Å². The van der Waals surface area contributed by atoms with Crippen LogP contribution in [0.2, 0.25) is 0 Å². The summed E-state index contributed by atoms with van der Waals surface area (Å²) in [7, 11) is 0. The van der Waals surface area contributed by atoms with E-state index in [0.717, 1.165) is 10.9 Å². The predicted molar refractivity (Wildman–Crippen MR) is 94.4 cm³/mol. The first-order valence-corrected chi connectivity index (χ1v) is 9.23. The zero-order valence-electron chi connectivity index (χ0n) is 13.4. The van der Waals surface area contributed by atoms with Crippen molar-refractivity contribution in [2.45, 2.75) is 70.5 Å². The summed E-state index contributed by atoms with van der Waals surface area (Å²) in [5.41, 5.74) is 7.89. The lowest BCUT2D eigenvalue weighted by molar-refractivity contribution is 0.0725. The summed E-state index contributed by atoms with van der Waals surface area (Å²) < 4.78 is 1.15. The Morgan fingerprint density at radius 1 is 1.33 bits per heavy atom. The minimum Gasteiger partial charge on any atom is -0.326 e. The second kappa shape index (κ2) is 8.30. The fraction of sp³-hybridized carbons (Fsp3) is 0.667. The second-order valence-electron chi connectivity index (χ2n) is 6.25. The Kier molecular flexibility index (Phi) is 6.72. The van der Waals surface area contributed by atoms with Crippen LogP contribution in [-0.2, 0) is 0 Å². The van der Waals surface area contributed by atoms with Gasteiger partial charge in [-0.2, -0.15) is 0 Å². The molecule has 2 nitrogen and oxygen atoms in total. The van der Waals surface area contributed by atoms with Crippen molar-refractivity contribution in [2.75, 3.05) is 6.54 Å². The van der Waals surface area contributed by atoms with Crippen molar-refractivity contribution in [3.63, 3.8) is 0 Å². The van der Waals surface area contributed by atoms with E-state index in [-0.39, 0.29) is 6.04 Å². The molecule has 1 saturated heterocycles. The number of nitrogens with two attached hydrogens (primary N) is 1. The van der Waals surface area contributed by atoms with E-state index in [1.54, 1.807) is 0 Å². The highest BCUT2D eigenvalue weighted by molar-refractivity contribution is 9.10. The zero-order valence-corrected chi connectivity index (χ0v) is 15.0. The van der Waals surface area contributed by atoms with Crippen LogP contribution >= 0.6 is 15.9 Å². The molecule has 0 bridgehead atoms. The number of piperidine rings is 1. The van der Waals surface area contributed by atoms with Crippen LogP contribution in [0.25, 0.3) is 0 Å². The molecular weight excluding hydrogens is 324 g/mol. The van der Waals surface area contributed by atoms with E-state index in [4.69, 9.17) is 5.73 Å². The molecule has 3 unspecified atom stereocenters. The van der Waals surface area contributed by atoms with E-state index in [1.807, 2.05) is 0 Å². The lowest BCUT2D eigenvalue weighted by atomic mass is 9.90. The molecule has 2 N–H and O–H groups in total. The molecule has 0 saturated carbocycles. The number of rotatable bonds is 6. The molecule has 0 aromatic heterocycles. The van der Waals surface area contributed by atoms with Gasteiger partial charge in [0.25, 0.3) is 0 Å². The summed E-state index contributed by atoms with van der Waals surface area (Å²) in [4.78, 5) is 2.70. The van der Waals surface area contributed by atoms with Gasteiger partial charge in [0.1, 0.15) is 0 Å². The number of hydrogen-bond acceptors (Lipinski definition) is 2. The third kappa shape index (κ3) is 4.30. The molecular formula is C18H29BrN2. The SMILES string of the molecule is CCCC1CCCCN1C(c1cccc(Br)c1)C(N)CC. The number of benzene rings is 1. The highest BCUT2D eigenvalue weighted by atomic mass is 79.9. The molecule has 1 fully saturated rings. The zero-order chi connectivity index (χ0) is 15.2. The molecule has 2 rings (SSSR count). The van der Waals surface area contributed by atoms with E-state index in [0.29, 0.717) is 12.1 Å². The average molecular weight is 353 g/mol. The van der Waals surface area contributed by atoms with Crippen molar-refractivity contribution in [3.05, 3.63) is 34.3 Å². The van der Waals surface area contributed by atoms with Gasteiger partial charge < -0.3 is 5.73 Å². The quantitative estimate of drug-likeness (QED) is 0.790. The van der Waals surface area contributed by atoms with Crippen molar-refractivity contribution in [2.24, 2.45) is 5.73 Å². The molecule has 0 radical (unpaired) electrons. The van der Waals surface area contributed by atoms with Crippen LogP contribution < -0.4 is 5.73 Å². The molecule has 1 aromatic rings. The van der Waals surface area contributed by atoms with Crippen molar-refractivity contribution in [1.29, 1.82) is 0 Å². The van der Waals surface area contributed by atoms with E-state index < -0.39 is 0 Å². The van der Waals surface area contributed by atoms with Crippen LogP contribution in [0.15, 0.2) is 28.7 Å². The fourth-order valence-corrected chi connectivity index (χ4v) is 4.05. The summed E-state index contributed by atoms with van der Waals surface area (Å²) in [6.07, 6.45) is 7.57. The first-order chi connectivity index (χ1) is 10.2. The number of likely N-dealkylation sites (tertiary alicyclic amines) is 1. The van der Waals surface area contributed by atoms with Crippen molar-refractivity contribution in [1.82, 2.24) is 4.90 Å². The maximum Gasteiger partial charge on any atom is 0.0502 e. The largest absolute Gasteiger partial charge is 0.326 e. The first-order valence-electron chi connectivity index (χ1n) is 8.44. The molecule has 0 aliphatic carbocycles. The topological polar surface area (TPSA) is 29.3 Å². The Balaban J connectivity index is 2.29. The predicted octanol–water partition coefficient (Wildman–Crippen LogP) is 4.88. The van der Waals surface area contributed by atoms with E-state index >= 15 is 0 Å². The Morgan fingerprint density at radius 2 is 2.14 bits per heavy atom. The van der Waals surface area contributed by atoms with Gasteiger partial charge in [-0.05, 0) is 49.9 Å². The molecule has 21 heavy (non-hydrogen) atoms. The molecule has 118 valence electrons. The van der Waals surface area contributed by atoms with Gasteiger partial charge in [-0.25, -0.2) is 0 Å². The lowest BCUT2D eigenvalue weighted by Crippen LogP contribution is -2.48. The average Bonchev–Trinajstić information content (AvgIpc) is 2.49. The van der Waals surface area contributed by atoms with Crippen LogP contribution in [0, 0.1) is 0 Å². The van der Waals surface area contributed by atoms with Crippen molar-refractivity contribution >= 4 is 15.9 Å². The van der Waals surface area contributed by atoms with Gasteiger partial charge >= 0.3 is 0 Å². The number of halogens is 1. The van der Waals surface area contributed by atoms with Gasteiger partial charge in [-0.3, -0.25) is 4.90 Å². The fourth-order valence-electron chi connectivity index (χ4n) is 3.63. The van der Waals surface area contributed by atoms with E-state index in [1.165, 1.54) is 44.2 Å². The van der Waals surface area contributed by atoms with E-state index in [2.05, 4.69) is 58.9 Å². The van der Waals surface area contributed by atoms with Gasteiger partial charge in [0.15, 0.2) is 0 Å². The monoisotopic (exact) mass is 352 g/mol. The second-order valence-corrected chi connectivity index (χ2v) is 7.16. The standard InChI is InChI=1S/C18H29BrN2/c1-3-8-16-11-5-6-12-21(16)18(17(20)4-2)14-9-7-10-15(19)13-14/h7,9-10,13,16-18H,3-6,8,11-12,20H2,1-2H3. The van der Waals surface area contributed by atoms with Crippen LogP contribution in [0.3, 0.4) is 0 Å². The first kappa shape index (κ1) is 17.0. The third-order valence-corrected chi connectivity index (χ3v) is 5.21. The summed E-state index contributed by atoms with van der Waals surface area (Å²) in [5.74, 6) is 0. The maximum atomic E-state index is 6.53. The molecule has 0 spiro atoms. The summed E-state index contributed by atoms with van der Waals surface area (Å²) >= 11 is 3.61. The Hall–Kier alpha value is -0.380. The maximum absolute atomic E-state index is 6.53. The van der Waals surface area contributed by atoms with Crippen LogP contribution in [0.5, 0.6) is 0 Å². The molecule has 3 heteroatoms. The van der Waals surface area contributed by atoms with Crippen LogP contribution in [0.1, 0.15) is 64.0 Å². The van der Waals surface area contributed by atoms with Gasteiger partial charge in [0.2, 0.25) is 0 Å². The number of nitrogens with zero attached hydrogens (tertiary/aromatic N) is 1. The molecule has 1 aromatic carbocycles. The van der Waals surface area contributed by atoms with Gasteiger partial charge in [0.05, 0.1) is 6.04 Å². The normalized spacial score (nSPS) is 23.0. The molecule has 0 amide bonds. The van der Waals surface area contributed by atoms with Gasteiger partial charge in [0, 0.05) is 16.6 Å². The number of hydrogen-bond donors (Lipinski definition) is 1. The minimum atomic E-state index is 0.205. The highest BCUT2D eigenvalue weighted by Crippen LogP contribution is 2.34. The smallest absolute Gasteiger partial charge is 0.0502 e. The Bertz CT molecular complexity index is 433.